The van der Waals surface area contributed by atoms with Crippen LogP contribution in [0.5, 0.6) is 0 Å². The Bertz CT molecular complexity index is 796. The van der Waals surface area contributed by atoms with Gasteiger partial charge >= 0.3 is 6.09 Å². The third-order valence-electron chi connectivity index (χ3n) is 3.90. The molecule has 0 atom stereocenters. The molecule has 7 nitrogen and oxygen atoms in total. The first-order valence-electron chi connectivity index (χ1n) is 8.58. The van der Waals surface area contributed by atoms with Crippen molar-refractivity contribution in [2.24, 2.45) is 10.7 Å². The van der Waals surface area contributed by atoms with E-state index in [-0.39, 0.29) is 13.2 Å². The summed E-state index contributed by atoms with van der Waals surface area (Å²) in [7, 11) is 0. The zero-order valence-corrected chi connectivity index (χ0v) is 16.4. The number of rotatable bonds is 7. The number of hydrogen-bond acceptors (Lipinski definition) is 7. The Morgan fingerprint density at radius 3 is 3.07 bits per heavy atom. The summed E-state index contributed by atoms with van der Waals surface area (Å²) in [5, 5.41) is 13.3. The summed E-state index contributed by atoms with van der Waals surface area (Å²) in [5.74, 6) is 1.50. The highest BCUT2D eigenvalue weighted by Crippen LogP contribution is 2.37. The number of nitrogens with two attached hydrogens (primary N) is 1. The van der Waals surface area contributed by atoms with Crippen molar-refractivity contribution in [3.63, 3.8) is 0 Å². The van der Waals surface area contributed by atoms with Crippen LogP contribution in [0.2, 0.25) is 0 Å². The number of aliphatic hydroxyl groups is 1. The smallest absolute Gasteiger partial charge is 0.407 e. The van der Waals surface area contributed by atoms with E-state index >= 15 is 0 Å². The zero-order chi connectivity index (χ0) is 19.1. The van der Waals surface area contributed by atoms with Crippen molar-refractivity contribution in [2.45, 2.75) is 4.90 Å². The van der Waals surface area contributed by atoms with Crippen LogP contribution in [-0.4, -0.2) is 55.6 Å². The van der Waals surface area contributed by atoms with E-state index in [1.807, 2.05) is 41.4 Å². The van der Waals surface area contributed by atoms with Crippen molar-refractivity contribution < 1.29 is 14.6 Å². The Labute approximate surface area is 166 Å². The third kappa shape index (κ3) is 5.38. The highest BCUT2D eigenvalue weighted by Gasteiger charge is 2.18. The monoisotopic (exact) mass is 406 g/mol. The number of benzene rings is 1. The van der Waals surface area contributed by atoms with Crippen molar-refractivity contribution in [3.05, 3.63) is 40.6 Å². The maximum Gasteiger partial charge on any atom is 0.407 e. The molecule has 0 bridgehead atoms. The van der Waals surface area contributed by atoms with Gasteiger partial charge in [-0.25, -0.2) is 9.79 Å². The van der Waals surface area contributed by atoms with Gasteiger partial charge in [-0.05, 0) is 29.6 Å². The summed E-state index contributed by atoms with van der Waals surface area (Å²) in [6.07, 6.45) is -0.516. The number of thioether (sulfide) groups is 1. The van der Waals surface area contributed by atoms with Gasteiger partial charge in [-0.1, -0.05) is 6.07 Å². The van der Waals surface area contributed by atoms with E-state index in [9.17, 15) is 4.79 Å². The van der Waals surface area contributed by atoms with Gasteiger partial charge in [0.05, 0.1) is 22.9 Å². The molecule has 0 saturated heterocycles. The van der Waals surface area contributed by atoms with Crippen molar-refractivity contribution in [3.8, 4) is 0 Å². The van der Waals surface area contributed by atoms with Crippen molar-refractivity contribution in [2.75, 3.05) is 43.5 Å². The quantitative estimate of drug-likeness (QED) is 0.482. The lowest BCUT2D eigenvalue weighted by Gasteiger charge is -2.31. The lowest BCUT2D eigenvalue weighted by Crippen LogP contribution is -2.38. The number of nitrogens with one attached hydrogen (secondary N) is 1. The lowest BCUT2D eigenvalue weighted by molar-refractivity contribution is 0.119. The molecule has 1 aliphatic heterocycles. The molecule has 4 N–H and O–H groups in total. The Morgan fingerprint density at radius 2 is 2.30 bits per heavy atom. The molecule has 1 amide bonds. The summed E-state index contributed by atoms with van der Waals surface area (Å²) in [4.78, 5) is 20.4. The summed E-state index contributed by atoms with van der Waals surface area (Å²) >= 11 is 3.37. The Balaban J connectivity index is 1.67. The maximum atomic E-state index is 11.5. The van der Waals surface area contributed by atoms with E-state index in [1.165, 1.54) is 4.90 Å². The molecule has 27 heavy (non-hydrogen) atoms. The van der Waals surface area contributed by atoms with Gasteiger partial charge in [-0.2, -0.15) is 0 Å². The molecule has 2 heterocycles. The first-order valence-corrected chi connectivity index (χ1v) is 10.4. The first-order chi connectivity index (χ1) is 13.2. The van der Waals surface area contributed by atoms with Gasteiger partial charge < -0.3 is 25.8 Å². The summed E-state index contributed by atoms with van der Waals surface area (Å²) < 4.78 is 4.79. The second-order valence-electron chi connectivity index (χ2n) is 5.75. The van der Waals surface area contributed by atoms with Gasteiger partial charge in [0.2, 0.25) is 0 Å². The van der Waals surface area contributed by atoms with Crippen LogP contribution in [0.4, 0.5) is 16.2 Å². The van der Waals surface area contributed by atoms with E-state index in [4.69, 9.17) is 15.6 Å². The van der Waals surface area contributed by atoms with Gasteiger partial charge in [0.25, 0.3) is 0 Å². The van der Waals surface area contributed by atoms with Crippen LogP contribution in [0, 0.1) is 0 Å². The van der Waals surface area contributed by atoms with Gasteiger partial charge in [0.1, 0.15) is 12.4 Å². The minimum atomic E-state index is -0.516. The molecular formula is C18H22N4O3S2. The third-order valence-corrected chi connectivity index (χ3v) is 5.84. The molecule has 0 fully saturated rings. The van der Waals surface area contributed by atoms with Crippen LogP contribution in [0.3, 0.4) is 0 Å². The lowest BCUT2D eigenvalue weighted by atomic mass is 10.2. The van der Waals surface area contributed by atoms with Gasteiger partial charge in [-0.15, -0.1) is 23.1 Å². The number of anilines is 1. The highest BCUT2D eigenvalue weighted by molar-refractivity contribution is 7.99. The van der Waals surface area contributed by atoms with E-state index in [2.05, 4.69) is 21.3 Å². The molecule has 0 spiro atoms. The Kier molecular flexibility index (Phi) is 6.97. The average Bonchev–Trinajstić information content (AvgIpc) is 3.21. The largest absolute Gasteiger partial charge is 0.447 e. The molecular weight excluding hydrogens is 384 g/mol. The SMILES string of the molecule is NC(=Nc1ccc2c(c1)N(CCNC(=O)OCCO)CCS2)c1cccs1. The first kappa shape index (κ1) is 19.5. The van der Waals surface area contributed by atoms with E-state index in [0.29, 0.717) is 18.9 Å². The van der Waals surface area contributed by atoms with Gasteiger partial charge in [0.15, 0.2) is 0 Å². The number of amides is 1. The number of fused-ring (bicyclic) bond motifs is 1. The fraction of sp³-hybridized carbons (Fsp3) is 0.333. The standard InChI is InChI=1S/C18H22N4O3S2/c19-17(16-2-1-10-26-16)21-13-3-4-15-14(12-13)22(7-11-27-15)6-5-20-18(24)25-9-8-23/h1-4,10,12,23H,5-9,11H2,(H2,19,21)(H,20,24). The molecule has 0 saturated carbocycles. The van der Waals surface area contributed by atoms with E-state index in [1.54, 1.807) is 11.3 Å². The maximum absolute atomic E-state index is 11.5. The average molecular weight is 407 g/mol. The predicted octanol–water partition coefficient (Wildman–Crippen LogP) is 2.42. The number of carbonyl (C=O) groups excluding carboxylic acids is 1. The molecule has 1 aromatic carbocycles. The highest BCUT2D eigenvalue weighted by atomic mass is 32.2. The summed E-state index contributed by atoms with van der Waals surface area (Å²) in [6.45, 7) is 1.83. The predicted molar refractivity (Wildman–Crippen MR) is 111 cm³/mol. The normalized spacial score (nSPS) is 14.0. The Morgan fingerprint density at radius 1 is 1.41 bits per heavy atom. The molecule has 3 rings (SSSR count). The molecule has 144 valence electrons. The number of hydrogen-bond donors (Lipinski definition) is 3. The van der Waals surface area contributed by atoms with Crippen LogP contribution in [0.1, 0.15) is 4.88 Å². The molecule has 1 aromatic heterocycles. The topological polar surface area (TPSA) is 100 Å². The number of ether oxygens (including phenoxy) is 1. The minimum absolute atomic E-state index is 0.00203. The van der Waals surface area contributed by atoms with E-state index in [0.717, 1.165) is 28.5 Å². The fourth-order valence-electron chi connectivity index (χ4n) is 2.66. The van der Waals surface area contributed by atoms with Crippen LogP contribution in [-0.2, 0) is 4.74 Å². The number of nitrogens with zero attached hydrogens (tertiary/aromatic N) is 2. The van der Waals surface area contributed by atoms with Crippen molar-refractivity contribution in [1.82, 2.24) is 5.32 Å². The molecule has 0 unspecified atom stereocenters. The van der Waals surface area contributed by atoms with E-state index < -0.39 is 6.09 Å². The Hall–Kier alpha value is -2.23. The number of aliphatic imine (C=N–C) groups is 1. The summed E-state index contributed by atoms with van der Waals surface area (Å²) in [5.41, 5.74) is 8.00. The summed E-state index contributed by atoms with van der Waals surface area (Å²) in [6, 6.07) is 9.97. The second-order valence-corrected chi connectivity index (χ2v) is 7.83. The number of alkyl carbamates (subject to hydrolysis) is 1. The fourth-order valence-corrected chi connectivity index (χ4v) is 4.32. The molecule has 2 aromatic rings. The zero-order valence-electron chi connectivity index (χ0n) is 14.8. The molecule has 0 radical (unpaired) electrons. The van der Waals surface area contributed by atoms with Crippen LogP contribution < -0.4 is 16.0 Å². The number of aliphatic hydroxyl groups excluding tert-OH is 1. The van der Waals surface area contributed by atoms with Crippen LogP contribution in [0.15, 0.2) is 45.6 Å². The van der Waals surface area contributed by atoms with Crippen molar-refractivity contribution in [1.29, 1.82) is 0 Å². The number of carbonyl (C=O) groups is 1. The minimum Gasteiger partial charge on any atom is -0.447 e. The van der Waals surface area contributed by atoms with Gasteiger partial charge in [-0.3, -0.25) is 0 Å². The second kappa shape index (κ2) is 9.63. The molecule has 0 aliphatic carbocycles. The van der Waals surface area contributed by atoms with Gasteiger partial charge in [0, 0.05) is 30.3 Å². The molecule has 1 aliphatic rings. The molecule has 9 heteroatoms. The van der Waals surface area contributed by atoms with Crippen LogP contribution >= 0.6 is 23.1 Å². The van der Waals surface area contributed by atoms with Crippen molar-refractivity contribution >= 4 is 46.4 Å². The van der Waals surface area contributed by atoms with Crippen LogP contribution in [0.25, 0.3) is 0 Å². The number of thiophene rings is 1. The number of amidine groups is 1.